The van der Waals surface area contributed by atoms with E-state index in [4.69, 9.17) is 9.84 Å². The summed E-state index contributed by atoms with van der Waals surface area (Å²) in [5.74, 6) is 0.509. The number of hydrogen-bond donors (Lipinski definition) is 2. The zero-order valence-corrected chi connectivity index (χ0v) is 6.12. The van der Waals surface area contributed by atoms with Crippen LogP contribution in [0.5, 0.6) is 0 Å². The molecule has 1 heterocycles. The Morgan fingerprint density at radius 1 is 1.55 bits per heavy atom. The lowest BCUT2D eigenvalue weighted by Crippen LogP contribution is -2.27. The maximum absolute atomic E-state index is 10.1. The minimum atomic E-state index is -0.925. The van der Waals surface area contributed by atoms with Crippen molar-refractivity contribution >= 4 is 6.09 Å². The summed E-state index contributed by atoms with van der Waals surface area (Å²) in [6, 6.07) is 0. The maximum Gasteiger partial charge on any atom is 0.404 e. The van der Waals surface area contributed by atoms with Gasteiger partial charge < -0.3 is 15.2 Å². The molecule has 0 bridgehead atoms. The van der Waals surface area contributed by atoms with Crippen LogP contribution in [0.4, 0.5) is 4.79 Å². The summed E-state index contributed by atoms with van der Waals surface area (Å²) in [6.45, 7) is 0.589. The minimum Gasteiger partial charge on any atom is -0.465 e. The molecule has 11 heavy (non-hydrogen) atoms. The summed E-state index contributed by atoms with van der Waals surface area (Å²) >= 11 is 0. The number of carboxylic acid groups (broad SMARTS) is 1. The third kappa shape index (κ3) is 1.45. The van der Waals surface area contributed by atoms with E-state index in [0.717, 1.165) is 12.8 Å². The van der Waals surface area contributed by atoms with Gasteiger partial charge in [-0.2, -0.15) is 0 Å². The number of carbonyl (C=O) groups is 1. The zero-order chi connectivity index (χ0) is 7.84. The minimum absolute atomic E-state index is 0.454. The van der Waals surface area contributed by atoms with Crippen LogP contribution in [0, 0.1) is 5.92 Å². The molecule has 2 rings (SSSR count). The topological polar surface area (TPSA) is 61.9 Å². The van der Waals surface area contributed by atoms with Crippen LogP contribution in [-0.4, -0.2) is 30.0 Å². The first-order valence-electron chi connectivity index (χ1n) is 3.88. The van der Waals surface area contributed by atoms with E-state index in [9.17, 15) is 4.79 Å². The fourth-order valence-electron chi connectivity index (χ4n) is 1.75. The lowest BCUT2D eigenvalue weighted by molar-refractivity contribution is 0.189. The van der Waals surface area contributed by atoms with E-state index in [-0.39, 0.29) is 0 Å². The van der Waals surface area contributed by atoms with Crippen LogP contribution in [0.2, 0.25) is 0 Å². The fourth-order valence-corrected chi connectivity index (χ4v) is 1.75. The second-order valence-electron chi connectivity index (χ2n) is 3.24. The summed E-state index contributed by atoms with van der Waals surface area (Å²) in [5, 5.41) is 10.7. The molecular weight excluding hydrogens is 146 g/mol. The highest BCUT2D eigenvalue weighted by molar-refractivity contribution is 5.64. The van der Waals surface area contributed by atoms with Crippen molar-refractivity contribution in [2.45, 2.75) is 25.0 Å². The van der Waals surface area contributed by atoms with E-state index in [1.54, 1.807) is 0 Å². The number of ether oxygens (including phenoxy) is 1. The van der Waals surface area contributed by atoms with Gasteiger partial charge in [0.05, 0.1) is 12.2 Å². The fraction of sp³-hybridized carbons (Fsp3) is 0.857. The van der Waals surface area contributed by atoms with Gasteiger partial charge in [-0.25, -0.2) is 4.79 Å². The first-order chi connectivity index (χ1) is 5.25. The lowest BCUT2D eigenvalue weighted by atomic mass is 10.1. The molecule has 2 atom stereocenters. The van der Waals surface area contributed by atoms with Crippen molar-refractivity contribution in [1.82, 2.24) is 5.32 Å². The molecule has 0 radical (unpaired) electrons. The molecule has 1 aliphatic carbocycles. The Labute approximate surface area is 64.5 Å². The van der Waals surface area contributed by atoms with Crippen LogP contribution in [0.3, 0.4) is 0 Å². The van der Waals surface area contributed by atoms with Crippen molar-refractivity contribution in [2.75, 3.05) is 6.54 Å². The van der Waals surface area contributed by atoms with Crippen molar-refractivity contribution in [1.29, 1.82) is 0 Å². The Kier molecular flexibility index (Phi) is 1.49. The molecule has 0 spiro atoms. The van der Waals surface area contributed by atoms with Gasteiger partial charge in [0.15, 0.2) is 0 Å². The Morgan fingerprint density at radius 3 is 2.73 bits per heavy atom. The second-order valence-corrected chi connectivity index (χ2v) is 3.24. The van der Waals surface area contributed by atoms with Gasteiger partial charge in [0, 0.05) is 6.54 Å². The van der Waals surface area contributed by atoms with Crippen LogP contribution in [-0.2, 0) is 4.74 Å². The Balaban J connectivity index is 1.68. The maximum atomic E-state index is 10.1. The SMILES string of the molecule is O=C(O)NCC1CC2OC2C1. The van der Waals surface area contributed by atoms with Gasteiger partial charge in [-0.3, -0.25) is 0 Å². The quantitative estimate of drug-likeness (QED) is 0.571. The summed E-state index contributed by atoms with van der Waals surface area (Å²) in [6.07, 6.45) is 2.05. The molecule has 0 aromatic rings. The van der Waals surface area contributed by atoms with Gasteiger partial charge in [0.2, 0.25) is 0 Å². The van der Waals surface area contributed by atoms with E-state index in [1.807, 2.05) is 0 Å². The first kappa shape index (κ1) is 6.91. The van der Waals surface area contributed by atoms with Crippen molar-refractivity contribution in [3.05, 3.63) is 0 Å². The lowest BCUT2D eigenvalue weighted by Gasteiger charge is -2.09. The third-order valence-electron chi connectivity index (χ3n) is 2.36. The monoisotopic (exact) mass is 157 g/mol. The molecule has 1 amide bonds. The average molecular weight is 157 g/mol. The van der Waals surface area contributed by atoms with Crippen molar-refractivity contribution in [3.8, 4) is 0 Å². The van der Waals surface area contributed by atoms with Crippen LogP contribution >= 0.6 is 0 Å². The van der Waals surface area contributed by atoms with Crippen LogP contribution in [0.1, 0.15) is 12.8 Å². The second kappa shape index (κ2) is 2.37. The van der Waals surface area contributed by atoms with Crippen LogP contribution in [0.15, 0.2) is 0 Å². The van der Waals surface area contributed by atoms with E-state index >= 15 is 0 Å². The molecule has 2 N–H and O–H groups in total. The van der Waals surface area contributed by atoms with E-state index in [0.29, 0.717) is 24.7 Å². The predicted molar refractivity (Wildman–Crippen MR) is 37.4 cm³/mol. The number of hydrogen-bond acceptors (Lipinski definition) is 2. The molecule has 4 heteroatoms. The summed E-state index contributed by atoms with van der Waals surface area (Å²) in [7, 11) is 0. The van der Waals surface area contributed by atoms with E-state index < -0.39 is 6.09 Å². The summed E-state index contributed by atoms with van der Waals surface area (Å²) in [4.78, 5) is 10.1. The van der Waals surface area contributed by atoms with Crippen LogP contribution < -0.4 is 5.32 Å². The Bertz CT molecular complexity index is 173. The predicted octanol–water partition coefficient (Wildman–Crippen LogP) is 0.431. The molecule has 1 saturated carbocycles. The average Bonchev–Trinajstić information content (AvgIpc) is 2.56. The summed E-state index contributed by atoms with van der Waals surface area (Å²) in [5.41, 5.74) is 0. The van der Waals surface area contributed by atoms with Gasteiger partial charge in [0.1, 0.15) is 0 Å². The molecule has 2 fully saturated rings. The smallest absolute Gasteiger partial charge is 0.404 e. The zero-order valence-electron chi connectivity index (χ0n) is 6.12. The molecule has 4 nitrogen and oxygen atoms in total. The summed E-state index contributed by atoms with van der Waals surface area (Å²) < 4.78 is 5.21. The normalized spacial score (nSPS) is 39.8. The molecule has 62 valence electrons. The van der Waals surface area contributed by atoms with Gasteiger partial charge in [0.25, 0.3) is 0 Å². The molecule has 1 saturated heterocycles. The van der Waals surface area contributed by atoms with Crippen molar-refractivity contribution < 1.29 is 14.6 Å². The molecule has 1 aliphatic heterocycles. The number of epoxide rings is 1. The number of nitrogens with one attached hydrogen (secondary N) is 1. The molecule has 2 aliphatic rings. The highest BCUT2D eigenvalue weighted by atomic mass is 16.6. The standard InChI is InChI=1S/C7H11NO3/c9-7(10)8-3-4-1-5-6(2-4)11-5/h4-6,8H,1-3H2,(H,9,10). The highest BCUT2D eigenvalue weighted by Gasteiger charge is 2.47. The Morgan fingerprint density at radius 2 is 2.18 bits per heavy atom. The van der Waals surface area contributed by atoms with Crippen LogP contribution in [0.25, 0.3) is 0 Å². The largest absolute Gasteiger partial charge is 0.465 e. The highest BCUT2D eigenvalue weighted by Crippen LogP contribution is 2.41. The van der Waals surface area contributed by atoms with Gasteiger partial charge in [-0.1, -0.05) is 0 Å². The van der Waals surface area contributed by atoms with E-state index in [2.05, 4.69) is 5.32 Å². The third-order valence-corrected chi connectivity index (χ3v) is 2.36. The molecule has 0 aromatic carbocycles. The number of rotatable bonds is 2. The Hall–Kier alpha value is -0.770. The van der Waals surface area contributed by atoms with Crippen molar-refractivity contribution in [2.24, 2.45) is 5.92 Å². The van der Waals surface area contributed by atoms with E-state index in [1.165, 1.54) is 0 Å². The van der Waals surface area contributed by atoms with Gasteiger partial charge >= 0.3 is 6.09 Å². The molecule has 2 unspecified atom stereocenters. The molecular formula is C7H11NO3. The molecule has 0 aromatic heterocycles. The van der Waals surface area contributed by atoms with Gasteiger partial charge in [-0.15, -0.1) is 0 Å². The van der Waals surface area contributed by atoms with Crippen molar-refractivity contribution in [3.63, 3.8) is 0 Å². The number of fused-ring (bicyclic) bond motifs is 1. The number of amides is 1. The van der Waals surface area contributed by atoms with Gasteiger partial charge in [-0.05, 0) is 18.8 Å². The first-order valence-corrected chi connectivity index (χ1v) is 3.88.